The number of amides is 1. The van der Waals surface area contributed by atoms with Crippen molar-refractivity contribution in [3.63, 3.8) is 0 Å². The minimum atomic E-state index is 0.0163. The summed E-state index contributed by atoms with van der Waals surface area (Å²) >= 11 is 0. The summed E-state index contributed by atoms with van der Waals surface area (Å²) in [6.45, 7) is 8.93. The largest absolute Gasteiger partial charge is 0.478 e. The van der Waals surface area contributed by atoms with Gasteiger partial charge >= 0.3 is 0 Å². The summed E-state index contributed by atoms with van der Waals surface area (Å²) in [5.74, 6) is 1.07. The number of nitrogens with one attached hydrogen (secondary N) is 2. The van der Waals surface area contributed by atoms with E-state index in [9.17, 15) is 4.79 Å². The van der Waals surface area contributed by atoms with E-state index in [0.717, 1.165) is 12.1 Å². The Morgan fingerprint density at radius 3 is 2.80 bits per heavy atom. The molecule has 1 rings (SSSR count). The average molecular weight is 280 g/mol. The molecule has 6 heteroatoms. The first kappa shape index (κ1) is 16.2. The molecule has 0 aliphatic carbocycles. The van der Waals surface area contributed by atoms with Crippen LogP contribution in [0.5, 0.6) is 5.88 Å². The standard InChI is InChI=1S/C14H24N4O2/c1-5-8-20-13-9-11(4)17-14(18-13)15-7-6-12(19)16-10(2)3/h9-10H,5-8H2,1-4H3,(H,16,19)(H,15,17,18). The summed E-state index contributed by atoms with van der Waals surface area (Å²) in [6, 6.07) is 1.96. The van der Waals surface area contributed by atoms with Crippen LogP contribution in [-0.2, 0) is 4.79 Å². The second-order valence-corrected chi connectivity index (χ2v) is 4.92. The molecule has 0 unspecified atom stereocenters. The first-order valence-electron chi connectivity index (χ1n) is 7.03. The molecule has 0 bridgehead atoms. The Kier molecular flexibility index (Phi) is 6.76. The van der Waals surface area contributed by atoms with Gasteiger partial charge in [-0.15, -0.1) is 0 Å². The van der Waals surface area contributed by atoms with Crippen LogP contribution in [0.15, 0.2) is 6.07 Å². The van der Waals surface area contributed by atoms with Gasteiger partial charge in [0.05, 0.1) is 6.61 Å². The van der Waals surface area contributed by atoms with Crippen molar-refractivity contribution < 1.29 is 9.53 Å². The lowest BCUT2D eigenvalue weighted by atomic mass is 10.3. The van der Waals surface area contributed by atoms with E-state index in [1.165, 1.54) is 0 Å². The number of aryl methyl sites for hydroxylation is 1. The molecule has 1 amide bonds. The summed E-state index contributed by atoms with van der Waals surface area (Å²) in [5.41, 5.74) is 0.834. The minimum Gasteiger partial charge on any atom is -0.478 e. The molecule has 0 aliphatic rings. The first-order chi connectivity index (χ1) is 9.51. The lowest BCUT2D eigenvalue weighted by Crippen LogP contribution is -2.31. The Morgan fingerprint density at radius 2 is 2.15 bits per heavy atom. The summed E-state index contributed by atoms with van der Waals surface area (Å²) in [5, 5.41) is 5.88. The number of anilines is 1. The second-order valence-electron chi connectivity index (χ2n) is 4.92. The van der Waals surface area contributed by atoms with Crippen molar-refractivity contribution in [3.8, 4) is 5.88 Å². The fourth-order valence-electron chi connectivity index (χ4n) is 1.58. The van der Waals surface area contributed by atoms with Crippen molar-refractivity contribution >= 4 is 11.9 Å². The van der Waals surface area contributed by atoms with Crippen LogP contribution in [0, 0.1) is 6.92 Å². The van der Waals surface area contributed by atoms with Crippen LogP contribution in [0.2, 0.25) is 0 Å². The monoisotopic (exact) mass is 280 g/mol. The third-order valence-corrected chi connectivity index (χ3v) is 2.37. The van der Waals surface area contributed by atoms with Crippen LogP contribution in [0.4, 0.5) is 5.95 Å². The van der Waals surface area contributed by atoms with Gasteiger partial charge < -0.3 is 15.4 Å². The van der Waals surface area contributed by atoms with Crippen LogP contribution < -0.4 is 15.4 Å². The van der Waals surface area contributed by atoms with Crippen LogP contribution in [0.3, 0.4) is 0 Å². The quantitative estimate of drug-likeness (QED) is 0.760. The van der Waals surface area contributed by atoms with Crippen LogP contribution >= 0.6 is 0 Å². The van der Waals surface area contributed by atoms with Gasteiger partial charge in [0.15, 0.2) is 0 Å². The first-order valence-corrected chi connectivity index (χ1v) is 7.03. The van der Waals surface area contributed by atoms with Gasteiger partial charge in [-0.2, -0.15) is 4.98 Å². The number of carbonyl (C=O) groups is 1. The fourth-order valence-corrected chi connectivity index (χ4v) is 1.58. The predicted octanol–water partition coefficient (Wildman–Crippen LogP) is 1.90. The van der Waals surface area contributed by atoms with E-state index < -0.39 is 0 Å². The van der Waals surface area contributed by atoms with Crippen molar-refractivity contribution in [2.24, 2.45) is 0 Å². The summed E-state index contributed by atoms with van der Waals surface area (Å²) in [4.78, 5) is 20.0. The van der Waals surface area contributed by atoms with Crippen molar-refractivity contribution in [2.75, 3.05) is 18.5 Å². The lowest BCUT2D eigenvalue weighted by molar-refractivity contribution is -0.121. The Labute approximate surface area is 120 Å². The second kappa shape index (κ2) is 8.35. The molecule has 0 atom stereocenters. The molecule has 6 nitrogen and oxygen atoms in total. The number of rotatable bonds is 8. The molecule has 0 fully saturated rings. The maximum atomic E-state index is 11.5. The molecule has 0 saturated heterocycles. The Hall–Kier alpha value is -1.85. The molecule has 1 aromatic rings. The number of carbonyl (C=O) groups excluding carboxylic acids is 1. The molecule has 1 heterocycles. The van der Waals surface area contributed by atoms with E-state index in [4.69, 9.17) is 4.74 Å². The Balaban J connectivity index is 2.46. The minimum absolute atomic E-state index is 0.0163. The summed E-state index contributed by atoms with van der Waals surface area (Å²) in [6.07, 6.45) is 1.32. The van der Waals surface area contributed by atoms with Crippen molar-refractivity contribution in [1.82, 2.24) is 15.3 Å². The highest BCUT2D eigenvalue weighted by Crippen LogP contribution is 2.12. The van der Waals surface area contributed by atoms with Crippen molar-refractivity contribution in [1.29, 1.82) is 0 Å². The lowest BCUT2D eigenvalue weighted by Gasteiger charge is -2.10. The molecule has 0 radical (unpaired) electrons. The maximum absolute atomic E-state index is 11.5. The third-order valence-electron chi connectivity index (χ3n) is 2.37. The van der Waals surface area contributed by atoms with Crippen LogP contribution in [0.25, 0.3) is 0 Å². The van der Waals surface area contributed by atoms with Gasteiger partial charge in [0.25, 0.3) is 0 Å². The van der Waals surface area contributed by atoms with E-state index in [1.54, 1.807) is 6.07 Å². The highest BCUT2D eigenvalue weighted by Gasteiger charge is 2.05. The highest BCUT2D eigenvalue weighted by molar-refractivity contribution is 5.76. The normalized spacial score (nSPS) is 10.4. The van der Waals surface area contributed by atoms with E-state index in [1.807, 2.05) is 27.7 Å². The molecular formula is C14H24N4O2. The Morgan fingerprint density at radius 1 is 1.40 bits per heavy atom. The molecular weight excluding hydrogens is 256 g/mol. The van der Waals surface area contributed by atoms with Gasteiger partial charge in [-0.1, -0.05) is 6.92 Å². The zero-order valence-corrected chi connectivity index (χ0v) is 12.7. The molecule has 0 spiro atoms. The average Bonchev–Trinajstić information content (AvgIpc) is 2.35. The van der Waals surface area contributed by atoms with Gasteiger partial charge in [0, 0.05) is 30.8 Å². The molecule has 2 N–H and O–H groups in total. The van der Waals surface area contributed by atoms with Gasteiger partial charge in [-0.05, 0) is 27.2 Å². The van der Waals surface area contributed by atoms with Crippen molar-refractivity contribution in [3.05, 3.63) is 11.8 Å². The molecule has 0 aliphatic heterocycles. The zero-order valence-electron chi connectivity index (χ0n) is 12.7. The van der Waals surface area contributed by atoms with Gasteiger partial charge in [-0.25, -0.2) is 4.98 Å². The third kappa shape index (κ3) is 6.36. The fraction of sp³-hybridized carbons (Fsp3) is 0.643. The molecule has 112 valence electrons. The number of ether oxygens (including phenoxy) is 1. The smallest absolute Gasteiger partial charge is 0.226 e. The van der Waals surface area contributed by atoms with E-state index in [2.05, 4.69) is 20.6 Å². The van der Waals surface area contributed by atoms with Crippen LogP contribution in [0.1, 0.15) is 39.3 Å². The topological polar surface area (TPSA) is 76.1 Å². The molecule has 0 saturated carbocycles. The Bertz CT molecular complexity index is 435. The molecule has 0 aromatic carbocycles. The van der Waals surface area contributed by atoms with Gasteiger partial charge in [-0.3, -0.25) is 4.79 Å². The highest BCUT2D eigenvalue weighted by atomic mass is 16.5. The number of hydrogen-bond donors (Lipinski definition) is 2. The number of hydrogen-bond acceptors (Lipinski definition) is 5. The number of nitrogens with zero attached hydrogens (tertiary/aromatic N) is 2. The van der Waals surface area contributed by atoms with Crippen LogP contribution in [-0.4, -0.2) is 35.1 Å². The van der Waals surface area contributed by atoms with E-state index in [-0.39, 0.29) is 11.9 Å². The van der Waals surface area contributed by atoms with E-state index in [0.29, 0.717) is 31.4 Å². The summed E-state index contributed by atoms with van der Waals surface area (Å²) < 4.78 is 5.49. The number of aromatic nitrogens is 2. The SMILES string of the molecule is CCCOc1cc(C)nc(NCCC(=O)NC(C)C)n1. The predicted molar refractivity (Wildman–Crippen MR) is 78.9 cm³/mol. The van der Waals surface area contributed by atoms with Gasteiger partial charge in [0.1, 0.15) is 0 Å². The molecule has 20 heavy (non-hydrogen) atoms. The van der Waals surface area contributed by atoms with E-state index >= 15 is 0 Å². The zero-order chi connectivity index (χ0) is 15.0. The maximum Gasteiger partial charge on any atom is 0.226 e. The van der Waals surface area contributed by atoms with Crippen molar-refractivity contribution in [2.45, 2.75) is 46.6 Å². The molecule has 1 aromatic heterocycles. The van der Waals surface area contributed by atoms with Gasteiger partial charge in [0.2, 0.25) is 17.7 Å². The summed E-state index contributed by atoms with van der Waals surface area (Å²) in [7, 11) is 0.